The molecule has 3 rings (SSSR count). The first-order chi connectivity index (χ1) is 10.1. The van der Waals surface area contributed by atoms with Gasteiger partial charge in [-0.2, -0.15) is 0 Å². The molecule has 9 heteroatoms. The van der Waals surface area contributed by atoms with Gasteiger partial charge in [-0.3, -0.25) is 24.2 Å². The van der Waals surface area contributed by atoms with Gasteiger partial charge in [0.1, 0.15) is 5.69 Å². The van der Waals surface area contributed by atoms with Crippen LogP contribution in [0.4, 0.5) is 5.69 Å². The zero-order valence-corrected chi connectivity index (χ0v) is 10.5. The second kappa shape index (κ2) is 4.96. The van der Waals surface area contributed by atoms with E-state index in [0.717, 1.165) is 0 Å². The lowest BCUT2D eigenvalue weighted by atomic mass is 10.1. The number of aromatic nitrogens is 4. The van der Waals surface area contributed by atoms with Crippen molar-refractivity contribution >= 4 is 11.6 Å². The van der Waals surface area contributed by atoms with Gasteiger partial charge in [0.25, 0.3) is 11.5 Å². The van der Waals surface area contributed by atoms with E-state index in [-0.39, 0.29) is 11.5 Å². The fraction of sp³-hybridized carbons (Fsp3) is 0. The molecule has 0 radical (unpaired) electrons. The van der Waals surface area contributed by atoms with Crippen LogP contribution in [0.2, 0.25) is 0 Å². The highest BCUT2D eigenvalue weighted by atomic mass is 16.5. The van der Waals surface area contributed by atoms with Crippen LogP contribution in [0.15, 0.2) is 44.6 Å². The summed E-state index contributed by atoms with van der Waals surface area (Å²) in [6.45, 7) is 0. The smallest absolute Gasteiger partial charge is 0.316 e. The van der Waals surface area contributed by atoms with Crippen LogP contribution in [0.5, 0.6) is 0 Å². The van der Waals surface area contributed by atoms with Crippen LogP contribution < -0.4 is 16.6 Å². The predicted octanol–water partition coefficient (Wildman–Crippen LogP) is 0.299. The van der Waals surface area contributed by atoms with E-state index in [1.807, 2.05) is 0 Å². The lowest BCUT2D eigenvalue weighted by molar-refractivity contribution is 0.102. The minimum Gasteiger partial charge on any atom is -0.316 e. The molecule has 2 aromatic heterocycles. The van der Waals surface area contributed by atoms with Crippen LogP contribution in [0.1, 0.15) is 10.4 Å². The van der Waals surface area contributed by atoms with Gasteiger partial charge >= 0.3 is 5.76 Å². The summed E-state index contributed by atoms with van der Waals surface area (Å²) >= 11 is 0. The molecule has 3 aromatic rings. The standard InChI is InChI=1S/C12H9N5O4/c18-10(14-8-5-13-16-11(8)19)7-3-1-6(2-4-7)9-15-12(20)21-17-9/h1-5H,(H,14,18)(H2,13,16,19)(H,15,17,20). The van der Waals surface area contributed by atoms with Gasteiger partial charge in [0.2, 0.25) is 0 Å². The average molecular weight is 287 g/mol. The highest BCUT2D eigenvalue weighted by Crippen LogP contribution is 2.14. The van der Waals surface area contributed by atoms with Gasteiger partial charge in [-0.1, -0.05) is 17.3 Å². The number of nitrogens with zero attached hydrogens (tertiary/aromatic N) is 1. The number of amides is 1. The Morgan fingerprint density at radius 3 is 2.52 bits per heavy atom. The van der Waals surface area contributed by atoms with Gasteiger partial charge in [-0.05, 0) is 12.1 Å². The summed E-state index contributed by atoms with van der Waals surface area (Å²) in [7, 11) is 0. The van der Waals surface area contributed by atoms with Crippen molar-refractivity contribution in [3.8, 4) is 11.4 Å². The maximum Gasteiger partial charge on any atom is 0.439 e. The van der Waals surface area contributed by atoms with Crippen LogP contribution in [-0.4, -0.2) is 26.2 Å². The van der Waals surface area contributed by atoms with E-state index in [4.69, 9.17) is 0 Å². The maximum atomic E-state index is 11.9. The number of rotatable bonds is 3. The molecular formula is C12H9N5O4. The number of hydrogen-bond acceptors (Lipinski definition) is 5. The molecular weight excluding hydrogens is 278 g/mol. The second-order valence-electron chi connectivity index (χ2n) is 4.13. The van der Waals surface area contributed by atoms with Crippen molar-refractivity contribution in [2.75, 3.05) is 5.32 Å². The third kappa shape index (κ3) is 2.52. The SMILES string of the molecule is O=C(Nc1c[nH][nH]c1=O)c1ccc(-c2noc(=O)[nH]2)cc1. The van der Waals surface area contributed by atoms with Crippen molar-refractivity contribution < 1.29 is 9.32 Å². The van der Waals surface area contributed by atoms with Gasteiger partial charge in [0.05, 0.1) is 0 Å². The quantitative estimate of drug-likeness (QED) is 0.549. The Kier molecular flexibility index (Phi) is 2.99. The van der Waals surface area contributed by atoms with Gasteiger partial charge < -0.3 is 10.4 Å². The number of anilines is 1. The Balaban J connectivity index is 1.81. The number of H-pyrrole nitrogens is 3. The summed E-state index contributed by atoms with van der Waals surface area (Å²) in [4.78, 5) is 36.5. The number of aromatic amines is 3. The van der Waals surface area contributed by atoms with Gasteiger partial charge in [-0.15, -0.1) is 0 Å². The highest BCUT2D eigenvalue weighted by Gasteiger charge is 2.10. The normalized spacial score (nSPS) is 10.5. The summed E-state index contributed by atoms with van der Waals surface area (Å²) in [6.07, 6.45) is 1.36. The van der Waals surface area contributed by atoms with Crippen LogP contribution in [0, 0.1) is 0 Å². The highest BCUT2D eigenvalue weighted by molar-refractivity contribution is 6.04. The Morgan fingerprint density at radius 1 is 1.19 bits per heavy atom. The predicted molar refractivity (Wildman–Crippen MR) is 71.9 cm³/mol. The molecule has 0 fully saturated rings. The van der Waals surface area contributed by atoms with Crippen LogP contribution >= 0.6 is 0 Å². The van der Waals surface area contributed by atoms with Crippen molar-refractivity contribution in [2.45, 2.75) is 0 Å². The third-order valence-electron chi connectivity index (χ3n) is 2.76. The Hall–Kier alpha value is -3.36. The summed E-state index contributed by atoms with van der Waals surface area (Å²) in [5.41, 5.74) is 0.659. The van der Waals surface area contributed by atoms with Crippen molar-refractivity contribution in [1.82, 2.24) is 20.3 Å². The molecule has 0 aliphatic heterocycles. The van der Waals surface area contributed by atoms with Crippen LogP contribution in [0.3, 0.4) is 0 Å². The number of carbonyl (C=O) groups excluding carboxylic acids is 1. The molecule has 4 N–H and O–H groups in total. The molecule has 0 aliphatic rings. The van der Waals surface area contributed by atoms with E-state index < -0.39 is 17.2 Å². The topological polar surface area (TPSA) is 137 Å². The second-order valence-corrected chi connectivity index (χ2v) is 4.13. The largest absolute Gasteiger partial charge is 0.439 e. The Labute approximate surface area is 116 Å². The number of hydrogen-bond donors (Lipinski definition) is 4. The van der Waals surface area contributed by atoms with E-state index in [2.05, 4.69) is 30.2 Å². The maximum absolute atomic E-state index is 11.9. The molecule has 0 atom stereocenters. The van der Waals surface area contributed by atoms with E-state index in [0.29, 0.717) is 11.1 Å². The van der Waals surface area contributed by atoms with Crippen molar-refractivity contribution in [3.63, 3.8) is 0 Å². The summed E-state index contributed by atoms with van der Waals surface area (Å²) in [5.74, 6) is -0.812. The zero-order chi connectivity index (χ0) is 14.8. The fourth-order valence-corrected chi connectivity index (χ4v) is 1.73. The van der Waals surface area contributed by atoms with Crippen molar-refractivity contribution in [3.05, 3.63) is 56.9 Å². The third-order valence-corrected chi connectivity index (χ3v) is 2.76. The lowest BCUT2D eigenvalue weighted by Gasteiger charge is -2.02. The minimum atomic E-state index is -0.654. The van der Waals surface area contributed by atoms with Crippen LogP contribution in [-0.2, 0) is 0 Å². The summed E-state index contributed by atoms with van der Waals surface area (Å²) < 4.78 is 4.40. The first-order valence-corrected chi connectivity index (χ1v) is 5.87. The van der Waals surface area contributed by atoms with Crippen LogP contribution in [0.25, 0.3) is 11.4 Å². The summed E-state index contributed by atoms with van der Waals surface area (Å²) in [5, 5.41) is 10.8. The van der Waals surface area contributed by atoms with Crippen molar-refractivity contribution in [2.24, 2.45) is 0 Å². The molecule has 9 nitrogen and oxygen atoms in total. The zero-order valence-electron chi connectivity index (χ0n) is 10.5. The molecule has 0 saturated carbocycles. The van der Waals surface area contributed by atoms with Gasteiger partial charge in [0, 0.05) is 17.3 Å². The molecule has 0 unspecified atom stereocenters. The first-order valence-electron chi connectivity index (χ1n) is 5.87. The van der Waals surface area contributed by atoms with E-state index in [9.17, 15) is 14.4 Å². The molecule has 106 valence electrons. The minimum absolute atomic E-state index is 0.130. The molecule has 0 aliphatic carbocycles. The Bertz CT molecular complexity index is 883. The fourth-order valence-electron chi connectivity index (χ4n) is 1.73. The van der Waals surface area contributed by atoms with E-state index >= 15 is 0 Å². The van der Waals surface area contributed by atoms with Gasteiger partial charge in [0.15, 0.2) is 5.82 Å². The van der Waals surface area contributed by atoms with E-state index in [1.54, 1.807) is 24.3 Å². The molecule has 1 aromatic carbocycles. The molecule has 1 amide bonds. The average Bonchev–Trinajstić information content (AvgIpc) is 3.08. The Morgan fingerprint density at radius 2 is 1.95 bits per heavy atom. The lowest BCUT2D eigenvalue weighted by Crippen LogP contribution is -2.16. The van der Waals surface area contributed by atoms with Gasteiger partial charge in [-0.25, -0.2) is 4.79 Å². The number of carbonyl (C=O) groups is 1. The number of nitrogens with one attached hydrogen (secondary N) is 4. The molecule has 2 heterocycles. The monoisotopic (exact) mass is 287 g/mol. The summed E-state index contributed by atoms with van der Waals surface area (Å²) in [6, 6.07) is 6.28. The molecule has 21 heavy (non-hydrogen) atoms. The molecule has 0 spiro atoms. The van der Waals surface area contributed by atoms with Crippen molar-refractivity contribution in [1.29, 1.82) is 0 Å². The molecule has 0 saturated heterocycles. The molecule has 0 bridgehead atoms. The first kappa shape index (κ1) is 12.7. The number of benzene rings is 1. The van der Waals surface area contributed by atoms with E-state index in [1.165, 1.54) is 6.20 Å².